The number of nitrogens with zero attached hydrogens (tertiary/aromatic N) is 2. The van der Waals surface area contributed by atoms with E-state index in [1.807, 2.05) is 6.92 Å². The number of carbonyl (C=O) groups is 1. The molecule has 0 spiro atoms. The van der Waals surface area contributed by atoms with Crippen LogP contribution in [0.4, 0.5) is 4.39 Å². The van der Waals surface area contributed by atoms with E-state index in [9.17, 15) is 9.18 Å². The van der Waals surface area contributed by atoms with Crippen LogP contribution in [-0.2, 0) is 12.8 Å². The Morgan fingerprint density at radius 3 is 2.74 bits per heavy atom. The van der Waals surface area contributed by atoms with Gasteiger partial charge in [0.2, 0.25) is 0 Å². The summed E-state index contributed by atoms with van der Waals surface area (Å²) in [5.41, 5.74) is 2.65. The lowest BCUT2D eigenvalue weighted by Gasteiger charge is -2.06. The van der Waals surface area contributed by atoms with Crippen LogP contribution in [0.3, 0.4) is 0 Å². The van der Waals surface area contributed by atoms with E-state index in [1.54, 1.807) is 25.1 Å². The number of rotatable bonds is 4. The summed E-state index contributed by atoms with van der Waals surface area (Å²) in [5, 5.41) is 7.98. The first kappa shape index (κ1) is 13.3. The van der Waals surface area contributed by atoms with Crippen molar-refractivity contribution >= 4 is 5.78 Å². The first-order valence-electron chi connectivity index (χ1n) is 6.21. The Kier molecular flexibility index (Phi) is 4.00. The first-order valence-corrected chi connectivity index (χ1v) is 6.21. The van der Waals surface area contributed by atoms with Crippen molar-refractivity contribution in [1.82, 2.24) is 10.2 Å². The van der Waals surface area contributed by atoms with E-state index < -0.39 is 0 Å². The van der Waals surface area contributed by atoms with Crippen molar-refractivity contribution in [3.05, 3.63) is 58.7 Å². The monoisotopic (exact) mass is 258 g/mol. The fraction of sp³-hybridized carbons (Fsp3) is 0.267. The number of Topliss-reactive ketones (excluding diaryl/α,β-unsaturated/α-hetero) is 1. The molecule has 2 aromatic rings. The van der Waals surface area contributed by atoms with Gasteiger partial charge in [0.05, 0.1) is 11.4 Å². The smallest absolute Gasteiger partial charge is 0.169 e. The van der Waals surface area contributed by atoms with Crippen LogP contribution in [0, 0.1) is 12.7 Å². The molecule has 0 fully saturated rings. The molecule has 1 aromatic heterocycles. The molecule has 0 aliphatic carbocycles. The number of hydrogen-bond acceptors (Lipinski definition) is 3. The van der Waals surface area contributed by atoms with Crippen LogP contribution < -0.4 is 0 Å². The van der Waals surface area contributed by atoms with E-state index in [-0.39, 0.29) is 18.0 Å². The summed E-state index contributed by atoms with van der Waals surface area (Å²) in [6.07, 6.45) is 0.827. The predicted octanol–water partition coefficient (Wildman–Crippen LogP) is 2.91. The van der Waals surface area contributed by atoms with Crippen LogP contribution in [0.25, 0.3) is 0 Å². The predicted molar refractivity (Wildman–Crippen MR) is 70.6 cm³/mol. The fourth-order valence-corrected chi connectivity index (χ4v) is 1.94. The Hall–Kier alpha value is -2.10. The molecule has 0 radical (unpaired) electrons. The minimum atomic E-state index is -0.329. The number of carbonyl (C=O) groups excluding carboxylic acids is 1. The summed E-state index contributed by atoms with van der Waals surface area (Å²) in [7, 11) is 0. The highest BCUT2D eigenvalue weighted by molar-refractivity contribution is 5.98. The van der Waals surface area contributed by atoms with Gasteiger partial charge in [-0.2, -0.15) is 10.2 Å². The van der Waals surface area contributed by atoms with Gasteiger partial charge in [0.1, 0.15) is 5.82 Å². The van der Waals surface area contributed by atoms with Crippen molar-refractivity contribution in [2.24, 2.45) is 0 Å². The van der Waals surface area contributed by atoms with Crippen LogP contribution in [0.1, 0.15) is 34.2 Å². The highest BCUT2D eigenvalue weighted by Gasteiger charge is 2.13. The van der Waals surface area contributed by atoms with Gasteiger partial charge in [-0.15, -0.1) is 0 Å². The minimum Gasteiger partial charge on any atom is -0.294 e. The van der Waals surface area contributed by atoms with Gasteiger partial charge in [0.25, 0.3) is 0 Å². The zero-order chi connectivity index (χ0) is 13.8. The highest BCUT2D eigenvalue weighted by Crippen LogP contribution is 2.13. The molecule has 0 atom stereocenters. The van der Waals surface area contributed by atoms with Gasteiger partial charge in [0.15, 0.2) is 5.78 Å². The van der Waals surface area contributed by atoms with Crippen molar-refractivity contribution in [1.29, 1.82) is 0 Å². The number of halogens is 1. The lowest BCUT2D eigenvalue weighted by molar-refractivity contribution is 0.0991. The molecule has 4 heteroatoms. The molecule has 0 N–H and O–H groups in total. The number of aromatic nitrogens is 2. The van der Waals surface area contributed by atoms with Gasteiger partial charge in [-0.1, -0.05) is 19.1 Å². The van der Waals surface area contributed by atoms with Crippen molar-refractivity contribution in [3.63, 3.8) is 0 Å². The average Bonchev–Trinajstić information content (AvgIpc) is 2.38. The van der Waals surface area contributed by atoms with Crippen molar-refractivity contribution in [2.45, 2.75) is 26.7 Å². The third kappa shape index (κ3) is 3.22. The van der Waals surface area contributed by atoms with Crippen molar-refractivity contribution in [2.75, 3.05) is 0 Å². The lowest BCUT2D eigenvalue weighted by Crippen LogP contribution is -2.10. The van der Waals surface area contributed by atoms with Gasteiger partial charge in [-0.25, -0.2) is 4.39 Å². The van der Waals surface area contributed by atoms with E-state index in [2.05, 4.69) is 10.2 Å². The zero-order valence-corrected chi connectivity index (χ0v) is 11.0. The second-order valence-electron chi connectivity index (χ2n) is 4.43. The molecule has 2 rings (SSSR count). The Balaban J connectivity index is 2.27. The molecule has 0 amide bonds. The summed E-state index contributed by atoms with van der Waals surface area (Å²) >= 11 is 0. The second kappa shape index (κ2) is 5.69. The third-order valence-corrected chi connectivity index (χ3v) is 2.88. The molecule has 3 nitrogen and oxygen atoms in total. The van der Waals surface area contributed by atoms with Crippen LogP contribution in [0.15, 0.2) is 30.3 Å². The summed E-state index contributed by atoms with van der Waals surface area (Å²) in [6, 6.07) is 7.84. The first-order chi connectivity index (χ1) is 9.10. The fourth-order valence-electron chi connectivity index (χ4n) is 1.94. The average molecular weight is 258 g/mol. The number of aryl methyl sites for hydroxylation is 2. The van der Waals surface area contributed by atoms with Gasteiger partial charge >= 0.3 is 0 Å². The van der Waals surface area contributed by atoms with E-state index in [1.165, 1.54) is 12.1 Å². The van der Waals surface area contributed by atoms with Crippen LogP contribution >= 0.6 is 0 Å². The summed E-state index contributed by atoms with van der Waals surface area (Å²) in [4.78, 5) is 12.3. The molecule has 19 heavy (non-hydrogen) atoms. The third-order valence-electron chi connectivity index (χ3n) is 2.88. The molecule has 1 heterocycles. The quantitative estimate of drug-likeness (QED) is 0.792. The molecule has 0 aliphatic rings. The molecule has 98 valence electrons. The Morgan fingerprint density at radius 1 is 1.26 bits per heavy atom. The standard InChI is InChI=1S/C15H15FN2O/c1-3-14-13(7-10(2)17-18-14)15(19)9-11-5-4-6-12(16)8-11/h4-8H,3,9H2,1-2H3. The van der Waals surface area contributed by atoms with Crippen LogP contribution in [-0.4, -0.2) is 16.0 Å². The molecule has 0 saturated carbocycles. The lowest BCUT2D eigenvalue weighted by atomic mass is 10.0. The van der Waals surface area contributed by atoms with Gasteiger partial charge in [-0.3, -0.25) is 4.79 Å². The van der Waals surface area contributed by atoms with E-state index in [0.717, 1.165) is 0 Å². The van der Waals surface area contributed by atoms with Gasteiger partial charge in [-0.05, 0) is 37.1 Å². The number of hydrogen-bond donors (Lipinski definition) is 0. The normalized spacial score (nSPS) is 10.5. The molecular weight excluding hydrogens is 243 g/mol. The number of benzene rings is 1. The molecule has 0 bridgehead atoms. The Bertz CT molecular complexity index is 611. The zero-order valence-electron chi connectivity index (χ0n) is 11.0. The largest absolute Gasteiger partial charge is 0.294 e. The SMILES string of the molecule is CCc1nnc(C)cc1C(=O)Cc1cccc(F)c1. The molecule has 0 unspecified atom stereocenters. The Labute approximate surface area is 111 Å². The maximum atomic E-state index is 13.1. The van der Waals surface area contributed by atoms with E-state index in [4.69, 9.17) is 0 Å². The maximum absolute atomic E-state index is 13.1. The van der Waals surface area contributed by atoms with E-state index >= 15 is 0 Å². The summed E-state index contributed by atoms with van der Waals surface area (Å²) in [6.45, 7) is 3.73. The molecule has 0 saturated heterocycles. The highest BCUT2D eigenvalue weighted by atomic mass is 19.1. The minimum absolute atomic E-state index is 0.0551. The topological polar surface area (TPSA) is 42.9 Å². The van der Waals surface area contributed by atoms with Crippen LogP contribution in [0.5, 0.6) is 0 Å². The summed E-state index contributed by atoms with van der Waals surface area (Å²) < 4.78 is 13.1. The van der Waals surface area contributed by atoms with Gasteiger partial charge in [0, 0.05) is 12.0 Å². The summed E-state index contributed by atoms with van der Waals surface area (Å²) in [5.74, 6) is -0.384. The van der Waals surface area contributed by atoms with E-state index in [0.29, 0.717) is 28.9 Å². The molecule has 1 aromatic carbocycles. The van der Waals surface area contributed by atoms with Gasteiger partial charge < -0.3 is 0 Å². The van der Waals surface area contributed by atoms with Crippen molar-refractivity contribution < 1.29 is 9.18 Å². The number of ketones is 1. The second-order valence-corrected chi connectivity index (χ2v) is 4.43. The molecular formula is C15H15FN2O. The van der Waals surface area contributed by atoms with Crippen LogP contribution in [0.2, 0.25) is 0 Å². The van der Waals surface area contributed by atoms with Crippen molar-refractivity contribution in [3.8, 4) is 0 Å². The molecule has 0 aliphatic heterocycles. The maximum Gasteiger partial charge on any atom is 0.169 e. The Morgan fingerprint density at radius 2 is 2.05 bits per heavy atom.